The summed E-state index contributed by atoms with van der Waals surface area (Å²) in [6, 6.07) is 8.26. The molecule has 0 bridgehead atoms. The molecule has 6 heteroatoms. The number of carbonyl (C=O) groups is 1. The Morgan fingerprint density at radius 3 is 2.65 bits per heavy atom. The van der Waals surface area contributed by atoms with E-state index in [0.717, 1.165) is 40.2 Å². The zero-order chi connectivity index (χ0) is 16.4. The van der Waals surface area contributed by atoms with Gasteiger partial charge in [0.25, 0.3) is 5.91 Å². The Kier molecular flexibility index (Phi) is 5.02. The van der Waals surface area contributed by atoms with Crippen LogP contribution in [0.1, 0.15) is 26.7 Å². The van der Waals surface area contributed by atoms with E-state index in [1.807, 2.05) is 26.1 Å². The van der Waals surface area contributed by atoms with Gasteiger partial charge in [0.05, 0.1) is 10.7 Å². The van der Waals surface area contributed by atoms with Crippen molar-refractivity contribution >= 4 is 40.3 Å². The van der Waals surface area contributed by atoms with Gasteiger partial charge < -0.3 is 4.90 Å². The highest BCUT2D eigenvalue weighted by Gasteiger charge is 2.38. The molecular weight excluding hydrogens is 326 g/mol. The SMILES string of the molecule is CCCCN=C1S/C(=C2/Sc3ccccc3N2C)C(=O)N1CC. The van der Waals surface area contributed by atoms with Gasteiger partial charge in [-0.25, -0.2) is 0 Å². The molecule has 4 nitrogen and oxygen atoms in total. The Morgan fingerprint density at radius 1 is 1.17 bits per heavy atom. The van der Waals surface area contributed by atoms with Crippen molar-refractivity contribution < 1.29 is 4.79 Å². The number of para-hydroxylation sites is 1. The van der Waals surface area contributed by atoms with Gasteiger partial charge in [0.2, 0.25) is 0 Å². The summed E-state index contributed by atoms with van der Waals surface area (Å²) < 4.78 is 0. The summed E-state index contributed by atoms with van der Waals surface area (Å²) >= 11 is 3.19. The van der Waals surface area contributed by atoms with Crippen LogP contribution in [0.3, 0.4) is 0 Å². The summed E-state index contributed by atoms with van der Waals surface area (Å²) in [5.74, 6) is 0.0786. The van der Waals surface area contributed by atoms with Crippen LogP contribution in [-0.2, 0) is 4.79 Å². The molecule has 1 fully saturated rings. The minimum absolute atomic E-state index is 0.0786. The third kappa shape index (κ3) is 3.02. The lowest BCUT2D eigenvalue weighted by Crippen LogP contribution is -2.29. The highest BCUT2D eigenvalue weighted by atomic mass is 32.2. The molecule has 0 aliphatic carbocycles. The average molecular weight is 348 g/mol. The molecule has 1 aromatic carbocycles. The van der Waals surface area contributed by atoms with Gasteiger partial charge in [0, 0.05) is 25.0 Å². The standard InChI is InChI=1S/C17H21N3OS2/c1-4-6-11-18-17-20(5-2)15(21)14(23-17)16-19(3)12-9-7-8-10-13(12)22-16/h7-10H,4-6,11H2,1-3H3/b16-14+,18-17?. The summed E-state index contributed by atoms with van der Waals surface area (Å²) in [5.41, 5.74) is 1.16. The number of anilines is 1. The molecule has 1 saturated heterocycles. The maximum Gasteiger partial charge on any atom is 0.269 e. The van der Waals surface area contributed by atoms with Crippen LogP contribution in [0.25, 0.3) is 0 Å². The summed E-state index contributed by atoms with van der Waals surface area (Å²) in [5, 5.41) is 1.86. The van der Waals surface area contributed by atoms with E-state index in [-0.39, 0.29) is 5.91 Å². The number of likely N-dealkylation sites (N-methyl/N-ethyl adjacent to an activating group) is 1. The largest absolute Gasteiger partial charge is 0.337 e. The summed E-state index contributed by atoms with van der Waals surface area (Å²) in [6.07, 6.45) is 2.17. The smallest absolute Gasteiger partial charge is 0.269 e. The topological polar surface area (TPSA) is 35.9 Å². The Hall–Kier alpha value is -1.40. The molecule has 0 spiro atoms. The Balaban J connectivity index is 1.92. The molecule has 3 rings (SSSR count). The maximum atomic E-state index is 12.8. The second-order valence-electron chi connectivity index (χ2n) is 5.43. The van der Waals surface area contributed by atoms with Crippen molar-refractivity contribution in [2.75, 3.05) is 25.0 Å². The van der Waals surface area contributed by atoms with Gasteiger partial charge in [0.1, 0.15) is 4.91 Å². The van der Waals surface area contributed by atoms with Crippen molar-refractivity contribution in [1.82, 2.24) is 4.90 Å². The summed E-state index contributed by atoms with van der Waals surface area (Å²) in [6.45, 7) is 5.60. The van der Waals surface area contributed by atoms with Crippen molar-refractivity contribution in [1.29, 1.82) is 0 Å². The molecule has 0 unspecified atom stereocenters. The third-order valence-electron chi connectivity index (χ3n) is 3.87. The fraction of sp³-hybridized carbons (Fsp3) is 0.412. The van der Waals surface area contributed by atoms with Crippen LogP contribution in [0.15, 0.2) is 44.1 Å². The van der Waals surface area contributed by atoms with E-state index in [2.05, 4.69) is 28.9 Å². The second-order valence-corrected chi connectivity index (χ2v) is 7.44. The van der Waals surface area contributed by atoms with Gasteiger partial charge in [-0.05, 0) is 37.2 Å². The number of fused-ring (bicyclic) bond motifs is 1. The van der Waals surface area contributed by atoms with E-state index in [4.69, 9.17) is 0 Å². The summed E-state index contributed by atoms with van der Waals surface area (Å²) in [4.78, 5) is 23.3. The number of nitrogens with zero attached hydrogens (tertiary/aromatic N) is 3. The van der Waals surface area contributed by atoms with Crippen molar-refractivity contribution in [3.05, 3.63) is 34.2 Å². The molecular formula is C17H21N3OS2. The number of rotatable bonds is 4. The molecule has 23 heavy (non-hydrogen) atoms. The molecule has 2 aliphatic rings. The zero-order valence-electron chi connectivity index (χ0n) is 13.7. The van der Waals surface area contributed by atoms with Crippen LogP contribution in [0.4, 0.5) is 5.69 Å². The number of benzene rings is 1. The fourth-order valence-electron chi connectivity index (χ4n) is 2.57. The zero-order valence-corrected chi connectivity index (χ0v) is 15.3. The normalized spacial score (nSPS) is 22.4. The number of unbranched alkanes of at least 4 members (excludes halogenated alkanes) is 1. The minimum Gasteiger partial charge on any atom is -0.337 e. The van der Waals surface area contributed by atoms with Gasteiger partial charge in [-0.15, -0.1) is 0 Å². The molecule has 1 amide bonds. The molecule has 0 atom stereocenters. The van der Waals surface area contributed by atoms with E-state index in [1.54, 1.807) is 16.7 Å². The number of hydrogen-bond donors (Lipinski definition) is 0. The fourth-order valence-corrected chi connectivity index (χ4v) is 4.98. The number of thioether (sulfide) groups is 2. The molecule has 0 aromatic heterocycles. The number of aliphatic imine (C=N–C) groups is 1. The molecule has 0 radical (unpaired) electrons. The van der Waals surface area contributed by atoms with Crippen molar-refractivity contribution in [2.24, 2.45) is 4.99 Å². The first-order valence-electron chi connectivity index (χ1n) is 7.96. The van der Waals surface area contributed by atoms with Crippen LogP contribution in [-0.4, -0.2) is 36.1 Å². The van der Waals surface area contributed by atoms with Gasteiger partial charge in [-0.3, -0.25) is 14.7 Å². The van der Waals surface area contributed by atoms with Crippen LogP contribution in [0.5, 0.6) is 0 Å². The predicted octanol–water partition coefficient (Wildman–Crippen LogP) is 4.15. The van der Waals surface area contributed by atoms with E-state index < -0.39 is 0 Å². The van der Waals surface area contributed by atoms with Crippen LogP contribution < -0.4 is 4.90 Å². The number of hydrogen-bond acceptors (Lipinski definition) is 5. The molecule has 0 saturated carbocycles. The van der Waals surface area contributed by atoms with Gasteiger partial charge in [0.15, 0.2) is 5.17 Å². The lowest BCUT2D eigenvalue weighted by atomic mass is 10.3. The first kappa shape index (κ1) is 16.5. The van der Waals surface area contributed by atoms with Crippen molar-refractivity contribution in [3.8, 4) is 0 Å². The first-order valence-corrected chi connectivity index (χ1v) is 9.59. The quantitative estimate of drug-likeness (QED) is 0.605. The highest BCUT2D eigenvalue weighted by Crippen LogP contribution is 2.49. The van der Waals surface area contributed by atoms with Crippen LogP contribution in [0.2, 0.25) is 0 Å². The Bertz CT molecular complexity index is 684. The summed E-state index contributed by atoms with van der Waals surface area (Å²) in [7, 11) is 2.03. The molecule has 2 aliphatic heterocycles. The molecule has 0 N–H and O–H groups in total. The highest BCUT2D eigenvalue weighted by molar-refractivity contribution is 8.19. The van der Waals surface area contributed by atoms with Gasteiger partial charge >= 0.3 is 0 Å². The van der Waals surface area contributed by atoms with E-state index in [1.165, 1.54) is 16.7 Å². The molecule has 1 aromatic rings. The van der Waals surface area contributed by atoms with E-state index in [9.17, 15) is 4.79 Å². The van der Waals surface area contributed by atoms with E-state index >= 15 is 0 Å². The Morgan fingerprint density at radius 2 is 1.96 bits per heavy atom. The van der Waals surface area contributed by atoms with Crippen LogP contribution >= 0.6 is 23.5 Å². The lowest BCUT2D eigenvalue weighted by Gasteiger charge is -2.15. The lowest BCUT2D eigenvalue weighted by molar-refractivity contribution is -0.122. The molecule has 122 valence electrons. The minimum atomic E-state index is 0.0786. The predicted molar refractivity (Wildman–Crippen MR) is 99.9 cm³/mol. The Labute approximate surface area is 146 Å². The van der Waals surface area contributed by atoms with Gasteiger partial charge in [-0.1, -0.05) is 37.2 Å². The average Bonchev–Trinajstić information content (AvgIpc) is 3.05. The first-order chi connectivity index (χ1) is 11.2. The van der Waals surface area contributed by atoms with Crippen LogP contribution in [0, 0.1) is 0 Å². The molecule has 2 heterocycles. The maximum absolute atomic E-state index is 12.8. The second kappa shape index (κ2) is 7.01. The number of amidine groups is 1. The van der Waals surface area contributed by atoms with E-state index in [0.29, 0.717) is 6.54 Å². The number of carbonyl (C=O) groups excluding carboxylic acids is 1. The van der Waals surface area contributed by atoms with Crippen molar-refractivity contribution in [2.45, 2.75) is 31.6 Å². The monoisotopic (exact) mass is 347 g/mol. The van der Waals surface area contributed by atoms with Crippen molar-refractivity contribution in [3.63, 3.8) is 0 Å². The van der Waals surface area contributed by atoms with Gasteiger partial charge in [-0.2, -0.15) is 0 Å². The number of amides is 1. The third-order valence-corrected chi connectivity index (χ3v) is 6.34.